The van der Waals surface area contributed by atoms with Crippen molar-refractivity contribution in [2.75, 3.05) is 108 Å². The van der Waals surface area contributed by atoms with E-state index in [0.29, 0.717) is 106 Å². The van der Waals surface area contributed by atoms with Gasteiger partial charge < -0.3 is 71.1 Å². The number of thioether (sulfide) groups is 1. The second-order valence-electron chi connectivity index (χ2n) is 19.5. The summed E-state index contributed by atoms with van der Waals surface area (Å²) in [4.78, 5) is 87.3. The van der Waals surface area contributed by atoms with E-state index in [4.69, 9.17) is 23.7 Å². The normalized spacial score (nSPS) is 17.5. The number of benzene rings is 2. The number of anilines is 5. The van der Waals surface area contributed by atoms with Gasteiger partial charge in [-0.15, -0.1) is 0 Å². The van der Waals surface area contributed by atoms with Crippen LogP contribution in [0.4, 0.5) is 38.0 Å². The molecule has 2 aliphatic heterocycles. The second kappa shape index (κ2) is 32.1. The molecule has 7 amide bonds. The number of urea groups is 1. The Bertz CT molecular complexity index is 2750. The van der Waals surface area contributed by atoms with Crippen molar-refractivity contribution in [2.45, 2.75) is 74.6 Å². The Morgan fingerprint density at radius 2 is 1.42 bits per heavy atom. The van der Waals surface area contributed by atoms with Crippen LogP contribution >= 0.6 is 11.8 Å². The predicted octanol–water partition coefficient (Wildman–Crippen LogP) is 5.58. The molecule has 4 heterocycles. The van der Waals surface area contributed by atoms with Crippen LogP contribution in [-0.2, 0) is 38.1 Å². The maximum atomic E-state index is 14.6. The summed E-state index contributed by atoms with van der Waals surface area (Å²) in [6, 6.07) is 17.1. The Hall–Kier alpha value is -7.45. The summed E-state index contributed by atoms with van der Waals surface area (Å²) >= 11 is 1.97. The maximum absolute atomic E-state index is 14.6. The van der Waals surface area contributed by atoms with E-state index in [-0.39, 0.29) is 109 Å². The number of aromatic nitrogens is 3. The standard InChI is InChI=1S/C56H73FN12O11S/c1-3-47(70)63-40-10-5-11-41(33-40)64-52-44(57)36-62-54(68-52)65-39-15-17-42(18-16-39)80-43-19-22-58-45(34-43)53(74)69(2)24-28-78-27-23-61-50(73)14-6-13-49(72)60-21-8-26-77-30-32-79-31-29-76-25-7-20-59-48(71)12-4-9-38-35-56(38)51-46(37-81-56)66-55(75)67-51/h3,5,10-11,15-19,22,33-34,36,38,46,51H,1,4,6-9,12-14,20-21,23-32,35,37H2,2H3,(H,59,71)(H,60,72)(H,61,73)(H,63,70)(H2,66,67,75)(H2,62,64,65,68)/t38-,46-,51-,56?/m0/s1. The summed E-state index contributed by atoms with van der Waals surface area (Å²) in [5, 5.41) is 23.3. The molecule has 2 aromatic heterocycles. The second-order valence-corrected chi connectivity index (χ2v) is 20.8. The van der Waals surface area contributed by atoms with E-state index in [1.165, 1.54) is 17.2 Å². The Labute approximate surface area is 474 Å². The third-order valence-corrected chi connectivity index (χ3v) is 15.2. The molecule has 4 atom stereocenters. The first-order valence-electron chi connectivity index (χ1n) is 27.3. The smallest absolute Gasteiger partial charge is 0.315 e. The van der Waals surface area contributed by atoms with E-state index in [1.54, 1.807) is 61.6 Å². The van der Waals surface area contributed by atoms with Gasteiger partial charge in [0.2, 0.25) is 29.6 Å². The topological polar surface area (TPSA) is 287 Å². The SMILES string of the molecule is C=CC(=O)Nc1cccc(Nc2nc(Nc3ccc(Oc4ccnc(C(=O)N(C)CCOCCNC(=O)CCCC(=O)NCCCOCCOCCOCCCNC(=O)CCC[C@H]5CC56SC[C@@H]5NC(=O)N[C@@H]56)c4)cc3)ncc2F)c1. The Kier molecular flexibility index (Phi) is 24.3. The van der Waals surface area contributed by atoms with E-state index in [9.17, 15) is 33.2 Å². The lowest BCUT2D eigenvalue weighted by Crippen LogP contribution is -2.39. The highest BCUT2D eigenvalue weighted by atomic mass is 32.2. The zero-order valence-corrected chi connectivity index (χ0v) is 46.4. The van der Waals surface area contributed by atoms with Crippen molar-refractivity contribution in [1.29, 1.82) is 0 Å². The van der Waals surface area contributed by atoms with Gasteiger partial charge in [0, 0.05) is 106 Å². The quantitative estimate of drug-likeness (QED) is 0.0155. The van der Waals surface area contributed by atoms with Gasteiger partial charge in [0.25, 0.3) is 5.91 Å². The molecule has 1 unspecified atom stereocenters. The fraction of sp³-hybridized carbons (Fsp3) is 0.482. The fourth-order valence-corrected chi connectivity index (χ4v) is 10.9. The van der Waals surface area contributed by atoms with E-state index in [2.05, 4.69) is 64.1 Å². The highest BCUT2D eigenvalue weighted by Crippen LogP contribution is 2.63. The zero-order chi connectivity index (χ0) is 57.2. The van der Waals surface area contributed by atoms with Gasteiger partial charge >= 0.3 is 6.03 Å². The molecule has 8 N–H and O–H groups in total. The van der Waals surface area contributed by atoms with Crippen molar-refractivity contribution < 1.29 is 56.8 Å². The number of rotatable bonds is 37. The number of halogens is 1. The highest BCUT2D eigenvalue weighted by Gasteiger charge is 2.66. The van der Waals surface area contributed by atoms with Gasteiger partial charge in [-0.1, -0.05) is 12.6 Å². The van der Waals surface area contributed by atoms with Crippen LogP contribution < -0.4 is 47.3 Å². The largest absolute Gasteiger partial charge is 0.457 e. The minimum atomic E-state index is -0.679. The summed E-state index contributed by atoms with van der Waals surface area (Å²) in [7, 11) is 1.63. The van der Waals surface area contributed by atoms with E-state index < -0.39 is 5.82 Å². The van der Waals surface area contributed by atoms with Crippen LogP contribution in [0.2, 0.25) is 0 Å². The molecule has 2 saturated heterocycles. The number of amides is 7. The monoisotopic (exact) mass is 1140 g/mol. The average Bonchev–Trinajstić information content (AvgIpc) is 2.65. The number of hydrogen-bond donors (Lipinski definition) is 8. The lowest BCUT2D eigenvalue weighted by molar-refractivity contribution is -0.123. The number of carbonyl (C=O) groups is 6. The Morgan fingerprint density at radius 3 is 2.14 bits per heavy atom. The van der Waals surface area contributed by atoms with Crippen LogP contribution in [0.1, 0.15) is 68.3 Å². The number of ether oxygens (including phenoxy) is 5. The molecule has 0 radical (unpaired) electrons. The van der Waals surface area contributed by atoms with Crippen LogP contribution in [0.15, 0.2) is 85.7 Å². The lowest BCUT2D eigenvalue weighted by atomic mass is 10.0. The Morgan fingerprint density at radius 1 is 0.753 bits per heavy atom. The molecule has 2 aromatic carbocycles. The first-order valence-corrected chi connectivity index (χ1v) is 28.3. The van der Waals surface area contributed by atoms with Crippen molar-refractivity contribution in [2.24, 2.45) is 5.92 Å². The van der Waals surface area contributed by atoms with Crippen molar-refractivity contribution >= 4 is 76.2 Å². The molecule has 3 aliphatic rings. The van der Waals surface area contributed by atoms with Gasteiger partial charge in [0.1, 0.15) is 17.2 Å². The number of likely N-dealkylation sites (N-methyl/N-ethyl adjacent to an activating group) is 1. The average molecular weight is 1140 g/mol. The fourth-order valence-electron chi connectivity index (χ4n) is 9.08. The number of nitrogens with zero attached hydrogens (tertiary/aromatic N) is 4. The molecule has 4 aromatic rings. The van der Waals surface area contributed by atoms with Crippen LogP contribution in [0, 0.1) is 11.7 Å². The van der Waals surface area contributed by atoms with Gasteiger partial charge in [0.15, 0.2) is 11.6 Å². The first kappa shape index (κ1) is 61.2. The molecule has 436 valence electrons. The molecule has 81 heavy (non-hydrogen) atoms. The number of fused-ring (bicyclic) bond motifs is 2. The minimum Gasteiger partial charge on any atom is -0.457 e. The molecule has 25 heteroatoms. The third-order valence-electron chi connectivity index (χ3n) is 13.3. The molecule has 23 nitrogen and oxygen atoms in total. The molecular weight excluding hydrogens is 1070 g/mol. The van der Waals surface area contributed by atoms with E-state index >= 15 is 0 Å². The molecule has 7 rings (SSSR count). The molecular formula is C56H73FN12O11S. The minimum absolute atomic E-state index is 0.0554. The number of nitrogens with one attached hydrogen (secondary N) is 8. The van der Waals surface area contributed by atoms with E-state index in [0.717, 1.165) is 43.7 Å². The van der Waals surface area contributed by atoms with Crippen molar-refractivity contribution in [3.63, 3.8) is 0 Å². The third kappa shape index (κ3) is 20.2. The summed E-state index contributed by atoms with van der Waals surface area (Å²) in [5.74, 6) is 0.798. The number of hydrogen-bond acceptors (Lipinski definition) is 17. The maximum Gasteiger partial charge on any atom is 0.315 e. The van der Waals surface area contributed by atoms with Gasteiger partial charge in [-0.2, -0.15) is 16.7 Å². The van der Waals surface area contributed by atoms with Crippen molar-refractivity contribution in [3.05, 3.63) is 97.2 Å². The van der Waals surface area contributed by atoms with Crippen molar-refractivity contribution in [1.82, 2.24) is 46.4 Å². The summed E-state index contributed by atoms with van der Waals surface area (Å²) in [5.41, 5.74) is 1.75. The number of pyridine rings is 1. The van der Waals surface area contributed by atoms with Crippen LogP contribution in [0.3, 0.4) is 0 Å². The molecule has 3 fully saturated rings. The van der Waals surface area contributed by atoms with E-state index in [1.807, 2.05) is 11.8 Å². The summed E-state index contributed by atoms with van der Waals surface area (Å²) in [6.07, 6.45) is 9.36. The molecule has 1 spiro atoms. The van der Waals surface area contributed by atoms with Crippen LogP contribution in [0.25, 0.3) is 0 Å². The zero-order valence-electron chi connectivity index (χ0n) is 45.6. The van der Waals surface area contributed by atoms with Crippen LogP contribution in [0.5, 0.6) is 11.5 Å². The van der Waals surface area contributed by atoms with Crippen LogP contribution in [-0.4, -0.2) is 164 Å². The van der Waals surface area contributed by atoms with Gasteiger partial charge in [0.05, 0.1) is 57.9 Å². The first-order chi connectivity index (χ1) is 39.4. The molecule has 0 bridgehead atoms. The summed E-state index contributed by atoms with van der Waals surface area (Å²) < 4.78 is 43.2. The summed E-state index contributed by atoms with van der Waals surface area (Å²) in [6.45, 7) is 8.27. The van der Waals surface area contributed by atoms with Gasteiger partial charge in [-0.3, -0.25) is 29.0 Å². The van der Waals surface area contributed by atoms with Gasteiger partial charge in [-0.05, 0) is 99.0 Å². The predicted molar refractivity (Wildman–Crippen MR) is 303 cm³/mol. The lowest BCUT2D eigenvalue weighted by Gasteiger charge is -2.17. The Balaban J connectivity index is 0.629. The molecule has 1 saturated carbocycles. The number of carbonyl (C=O) groups excluding carboxylic acids is 6. The van der Waals surface area contributed by atoms with Crippen molar-refractivity contribution in [3.8, 4) is 11.5 Å². The highest BCUT2D eigenvalue weighted by molar-refractivity contribution is 8.01. The van der Waals surface area contributed by atoms with Gasteiger partial charge in [-0.25, -0.2) is 14.2 Å². The molecule has 1 aliphatic carbocycles.